The number of nitrogens with zero attached hydrogens (tertiary/aromatic N) is 1. The first-order valence-electron chi connectivity index (χ1n) is 3.16. The number of nitrogens with one attached hydrogen (secondary N) is 1. The molecule has 0 atom stereocenters. The molecule has 0 amide bonds. The summed E-state index contributed by atoms with van der Waals surface area (Å²) in [6.45, 7) is 0. The number of hydrogen-bond donors (Lipinski definition) is 2. The van der Waals surface area contributed by atoms with Crippen LogP contribution in [0.5, 0.6) is 0 Å². The number of fused-ring (bicyclic) bond motifs is 1. The minimum Gasteiger partial charge on any atom is -0.396 e. The van der Waals surface area contributed by atoms with Gasteiger partial charge in [-0.1, -0.05) is 0 Å². The highest BCUT2D eigenvalue weighted by Gasteiger charge is 2.05. The molecule has 1 aromatic heterocycles. The molecule has 0 saturated carbocycles. The van der Waals surface area contributed by atoms with Gasteiger partial charge in [-0.15, -0.1) is 0 Å². The SMILES string of the molecule is Nc1ccc2[nH]cnc2c1F. The normalized spacial score (nSPS) is 10.6. The van der Waals surface area contributed by atoms with Crippen molar-refractivity contribution in [1.82, 2.24) is 9.97 Å². The topological polar surface area (TPSA) is 54.7 Å². The van der Waals surface area contributed by atoms with Crippen LogP contribution in [0.1, 0.15) is 0 Å². The van der Waals surface area contributed by atoms with Crippen LogP contribution < -0.4 is 5.73 Å². The molecule has 1 aromatic carbocycles. The van der Waals surface area contributed by atoms with Gasteiger partial charge >= 0.3 is 0 Å². The van der Waals surface area contributed by atoms with Crippen molar-refractivity contribution in [3.05, 3.63) is 24.3 Å². The van der Waals surface area contributed by atoms with Crippen LogP contribution in [0.25, 0.3) is 11.0 Å². The van der Waals surface area contributed by atoms with E-state index in [9.17, 15) is 4.39 Å². The quantitative estimate of drug-likeness (QED) is 0.557. The maximum atomic E-state index is 13.0. The van der Waals surface area contributed by atoms with Crippen molar-refractivity contribution in [2.24, 2.45) is 0 Å². The number of aromatic amines is 1. The molecule has 0 saturated heterocycles. The second kappa shape index (κ2) is 1.95. The predicted octanol–water partition coefficient (Wildman–Crippen LogP) is 1.28. The Balaban J connectivity index is 2.93. The molecule has 0 aliphatic carbocycles. The van der Waals surface area contributed by atoms with Crippen molar-refractivity contribution < 1.29 is 4.39 Å². The van der Waals surface area contributed by atoms with Crippen LogP contribution in [0.2, 0.25) is 0 Å². The number of rotatable bonds is 0. The number of imidazole rings is 1. The molecule has 0 aliphatic rings. The average Bonchev–Trinajstić information content (AvgIpc) is 2.45. The molecule has 0 fully saturated rings. The van der Waals surface area contributed by atoms with Gasteiger partial charge < -0.3 is 10.7 Å². The molecule has 56 valence electrons. The van der Waals surface area contributed by atoms with Gasteiger partial charge in [0.2, 0.25) is 0 Å². The highest BCUT2D eigenvalue weighted by Crippen LogP contribution is 2.18. The molecule has 2 rings (SSSR count). The third-order valence-corrected chi connectivity index (χ3v) is 1.56. The summed E-state index contributed by atoms with van der Waals surface area (Å²) in [7, 11) is 0. The van der Waals surface area contributed by atoms with Crippen LogP contribution in [-0.2, 0) is 0 Å². The van der Waals surface area contributed by atoms with E-state index < -0.39 is 5.82 Å². The molecule has 4 heteroatoms. The van der Waals surface area contributed by atoms with Gasteiger partial charge in [-0.05, 0) is 12.1 Å². The summed E-state index contributed by atoms with van der Waals surface area (Å²) in [6.07, 6.45) is 1.44. The van der Waals surface area contributed by atoms with E-state index in [1.807, 2.05) is 0 Å². The molecule has 0 bridgehead atoms. The zero-order valence-corrected chi connectivity index (χ0v) is 5.63. The van der Waals surface area contributed by atoms with E-state index in [1.54, 1.807) is 6.07 Å². The minimum absolute atomic E-state index is 0.129. The van der Waals surface area contributed by atoms with Crippen LogP contribution >= 0.6 is 0 Å². The summed E-state index contributed by atoms with van der Waals surface area (Å²) >= 11 is 0. The van der Waals surface area contributed by atoms with Crippen molar-refractivity contribution in [1.29, 1.82) is 0 Å². The molecular weight excluding hydrogens is 145 g/mol. The molecule has 3 nitrogen and oxygen atoms in total. The lowest BCUT2D eigenvalue weighted by Gasteiger charge is -1.94. The van der Waals surface area contributed by atoms with Gasteiger partial charge in [0.15, 0.2) is 5.82 Å². The number of hydrogen-bond acceptors (Lipinski definition) is 2. The number of nitrogen functional groups attached to an aromatic ring is 1. The van der Waals surface area contributed by atoms with Crippen LogP contribution in [0, 0.1) is 5.82 Å². The Morgan fingerprint density at radius 2 is 2.27 bits per heavy atom. The Kier molecular flexibility index (Phi) is 1.09. The van der Waals surface area contributed by atoms with Crippen molar-refractivity contribution in [2.45, 2.75) is 0 Å². The second-order valence-electron chi connectivity index (χ2n) is 2.27. The van der Waals surface area contributed by atoms with Gasteiger partial charge in [-0.3, -0.25) is 0 Å². The number of anilines is 1. The Bertz CT molecular complexity index is 393. The summed E-state index contributed by atoms with van der Waals surface area (Å²) in [5.74, 6) is -0.455. The average molecular weight is 151 g/mol. The first-order chi connectivity index (χ1) is 5.29. The third-order valence-electron chi connectivity index (χ3n) is 1.56. The van der Waals surface area contributed by atoms with Gasteiger partial charge in [0.25, 0.3) is 0 Å². The Hall–Kier alpha value is -1.58. The fourth-order valence-corrected chi connectivity index (χ4v) is 0.989. The molecule has 2 aromatic rings. The molecule has 0 aliphatic heterocycles. The fraction of sp³-hybridized carbons (Fsp3) is 0. The van der Waals surface area contributed by atoms with Crippen molar-refractivity contribution in [2.75, 3.05) is 5.73 Å². The standard InChI is InChI=1S/C7H6FN3/c8-6-4(9)1-2-5-7(6)11-3-10-5/h1-3H,9H2,(H,10,11). The van der Waals surface area contributed by atoms with Crippen LogP contribution in [0.3, 0.4) is 0 Å². The summed E-state index contributed by atoms with van der Waals surface area (Å²) in [5, 5.41) is 0. The lowest BCUT2D eigenvalue weighted by atomic mass is 10.3. The maximum absolute atomic E-state index is 13.0. The number of H-pyrrole nitrogens is 1. The van der Waals surface area contributed by atoms with Gasteiger partial charge in [-0.25, -0.2) is 9.37 Å². The fourth-order valence-electron chi connectivity index (χ4n) is 0.989. The predicted molar refractivity (Wildman–Crippen MR) is 40.5 cm³/mol. The monoisotopic (exact) mass is 151 g/mol. The number of halogens is 1. The maximum Gasteiger partial charge on any atom is 0.173 e. The van der Waals surface area contributed by atoms with Crippen LogP contribution in [0.15, 0.2) is 18.5 Å². The van der Waals surface area contributed by atoms with Crippen LogP contribution in [-0.4, -0.2) is 9.97 Å². The Morgan fingerprint density at radius 3 is 3.09 bits per heavy atom. The summed E-state index contributed by atoms with van der Waals surface area (Å²) < 4.78 is 13.0. The zero-order valence-electron chi connectivity index (χ0n) is 5.63. The van der Waals surface area contributed by atoms with Gasteiger partial charge in [0.05, 0.1) is 17.5 Å². The molecule has 0 unspecified atom stereocenters. The molecule has 3 N–H and O–H groups in total. The smallest absolute Gasteiger partial charge is 0.173 e. The second-order valence-corrected chi connectivity index (χ2v) is 2.27. The Labute approximate surface area is 62.0 Å². The highest BCUT2D eigenvalue weighted by atomic mass is 19.1. The lowest BCUT2D eigenvalue weighted by Crippen LogP contribution is -1.90. The van der Waals surface area contributed by atoms with Crippen LogP contribution in [0.4, 0.5) is 10.1 Å². The van der Waals surface area contributed by atoms with Crippen molar-refractivity contribution in [3.8, 4) is 0 Å². The number of nitrogens with two attached hydrogens (primary N) is 1. The zero-order chi connectivity index (χ0) is 7.84. The number of benzene rings is 1. The van der Waals surface area contributed by atoms with E-state index in [1.165, 1.54) is 12.4 Å². The van der Waals surface area contributed by atoms with E-state index >= 15 is 0 Å². The van der Waals surface area contributed by atoms with E-state index in [0.29, 0.717) is 11.0 Å². The van der Waals surface area contributed by atoms with Gasteiger partial charge in [0, 0.05) is 0 Å². The molecule has 0 spiro atoms. The largest absolute Gasteiger partial charge is 0.396 e. The summed E-state index contributed by atoms with van der Waals surface area (Å²) in [5.41, 5.74) is 6.41. The Morgan fingerprint density at radius 1 is 1.45 bits per heavy atom. The molecular formula is C7H6FN3. The van der Waals surface area contributed by atoms with E-state index in [2.05, 4.69) is 9.97 Å². The first-order valence-corrected chi connectivity index (χ1v) is 3.16. The minimum atomic E-state index is -0.455. The van der Waals surface area contributed by atoms with Gasteiger partial charge in [-0.2, -0.15) is 0 Å². The first kappa shape index (κ1) is 6.15. The molecule has 1 heterocycles. The van der Waals surface area contributed by atoms with Crippen molar-refractivity contribution in [3.63, 3.8) is 0 Å². The summed E-state index contributed by atoms with van der Waals surface area (Å²) in [6, 6.07) is 3.20. The number of aromatic nitrogens is 2. The molecule has 11 heavy (non-hydrogen) atoms. The van der Waals surface area contributed by atoms with Gasteiger partial charge in [0.1, 0.15) is 5.52 Å². The lowest BCUT2D eigenvalue weighted by molar-refractivity contribution is 0.642. The third kappa shape index (κ3) is 0.756. The highest BCUT2D eigenvalue weighted by molar-refractivity contribution is 5.79. The molecule has 0 radical (unpaired) electrons. The van der Waals surface area contributed by atoms with E-state index in [0.717, 1.165) is 0 Å². The summed E-state index contributed by atoms with van der Waals surface area (Å²) in [4.78, 5) is 6.55. The van der Waals surface area contributed by atoms with E-state index in [-0.39, 0.29) is 5.69 Å². The van der Waals surface area contributed by atoms with Crippen molar-refractivity contribution >= 4 is 16.7 Å². The van der Waals surface area contributed by atoms with E-state index in [4.69, 9.17) is 5.73 Å².